The lowest BCUT2D eigenvalue weighted by molar-refractivity contribution is -0.0500. The van der Waals surface area contributed by atoms with Gasteiger partial charge in [0.05, 0.1) is 5.69 Å². The van der Waals surface area contributed by atoms with E-state index in [1.54, 1.807) is 0 Å². The van der Waals surface area contributed by atoms with Crippen LogP contribution in [0.5, 0.6) is 0 Å². The lowest BCUT2D eigenvalue weighted by Crippen LogP contribution is -2.62. The minimum Gasteiger partial charge on any atom is -0.444 e. The highest BCUT2D eigenvalue weighted by Crippen LogP contribution is 2.54. The molecule has 31 heavy (non-hydrogen) atoms. The molecule has 1 aromatic heterocycles. The van der Waals surface area contributed by atoms with E-state index < -0.39 is 5.60 Å². The number of nitrogens with two attached hydrogens (primary N) is 1. The van der Waals surface area contributed by atoms with Gasteiger partial charge in [-0.1, -0.05) is 35.9 Å². The number of allylic oxidation sites excluding steroid dienone is 1. The number of carbonyl (C=O) groups excluding carboxylic acids is 1. The van der Waals surface area contributed by atoms with Crippen LogP contribution >= 0.6 is 0 Å². The average molecular weight is 420 g/mol. The molecule has 2 heterocycles. The number of likely N-dealkylation sites (tertiary alicyclic amines) is 1. The number of ether oxygens (including phenoxy) is 1. The number of benzene rings is 1. The number of aromatic nitrogens is 1. The van der Waals surface area contributed by atoms with Gasteiger partial charge >= 0.3 is 6.09 Å². The molecule has 2 fully saturated rings. The first kappa shape index (κ1) is 21.6. The molecule has 1 saturated carbocycles. The van der Waals surface area contributed by atoms with Crippen molar-refractivity contribution in [3.05, 3.63) is 70.6 Å². The summed E-state index contributed by atoms with van der Waals surface area (Å²) in [5.74, 6) is 0. The largest absolute Gasteiger partial charge is 0.444 e. The Kier molecular flexibility index (Phi) is 5.42. The van der Waals surface area contributed by atoms with Gasteiger partial charge < -0.3 is 15.4 Å². The highest BCUT2D eigenvalue weighted by molar-refractivity contribution is 5.82. The summed E-state index contributed by atoms with van der Waals surface area (Å²) in [5, 5.41) is 0. The van der Waals surface area contributed by atoms with Gasteiger partial charge in [-0.2, -0.15) is 0 Å². The minimum absolute atomic E-state index is 0.0171. The third-order valence-corrected chi connectivity index (χ3v) is 6.13. The van der Waals surface area contributed by atoms with E-state index in [1.807, 2.05) is 38.8 Å². The lowest BCUT2D eigenvalue weighted by atomic mass is 9.59. The van der Waals surface area contributed by atoms with E-state index in [4.69, 9.17) is 15.5 Å². The standard InChI is InChI=1S/C26H33N3O2/c1-17-6-11-22(28-14-17)23(20-9-7-19(8-10-20)18(2)27)21-12-26(13-21)15-29(16-26)24(30)31-25(3,4)5/h6-11,14,18H,12-13,15-16,27H2,1-5H3/t18-/m1/s1. The SMILES string of the molecule is Cc1ccc(C(=C2CC3(C2)CN(C(=O)OC(C)(C)C)C3)c2ccc([C@@H](C)N)cc2)nc1. The molecule has 1 saturated heterocycles. The predicted octanol–water partition coefficient (Wildman–Crippen LogP) is 5.24. The van der Waals surface area contributed by atoms with Crippen molar-refractivity contribution >= 4 is 11.7 Å². The summed E-state index contributed by atoms with van der Waals surface area (Å²) < 4.78 is 5.51. The molecule has 2 aliphatic rings. The van der Waals surface area contributed by atoms with Crippen LogP contribution in [0, 0.1) is 12.3 Å². The molecule has 0 unspecified atom stereocenters. The number of hydrogen-bond acceptors (Lipinski definition) is 4. The molecule has 1 atom stereocenters. The van der Waals surface area contributed by atoms with Crippen LogP contribution in [0.4, 0.5) is 4.79 Å². The first-order valence-electron chi connectivity index (χ1n) is 11.0. The maximum absolute atomic E-state index is 12.3. The summed E-state index contributed by atoms with van der Waals surface area (Å²) in [7, 11) is 0. The van der Waals surface area contributed by atoms with E-state index in [0.717, 1.165) is 42.8 Å². The van der Waals surface area contributed by atoms with Gasteiger partial charge in [0.1, 0.15) is 5.60 Å². The zero-order chi connectivity index (χ0) is 22.4. The maximum atomic E-state index is 12.3. The topological polar surface area (TPSA) is 68.5 Å². The number of pyridine rings is 1. The molecule has 1 aliphatic heterocycles. The van der Waals surface area contributed by atoms with Crippen LogP contribution in [0.1, 0.15) is 69.0 Å². The molecule has 1 aromatic carbocycles. The van der Waals surface area contributed by atoms with Crippen molar-refractivity contribution in [1.29, 1.82) is 0 Å². The first-order valence-corrected chi connectivity index (χ1v) is 11.0. The smallest absolute Gasteiger partial charge is 0.410 e. The van der Waals surface area contributed by atoms with Gasteiger partial charge in [0.15, 0.2) is 0 Å². The Labute approximate surface area is 185 Å². The van der Waals surface area contributed by atoms with E-state index in [-0.39, 0.29) is 17.6 Å². The average Bonchev–Trinajstić information content (AvgIpc) is 2.62. The third-order valence-electron chi connectivity index (χ3n) is 6.13. The molecule has 1 spiro atoms. The molecular weight excluding hydrogens is 386 g/mol. The van der Waals surface area contributed by atoms with Crippen LogP contribution in [0.15, 0.2) is 48.2 Å². The fraction of sp³-hybridized carbons (Fsp3) is 0.462. The summed E-state index contributed by atoms with van der Waals surface area (Å²) >= 11 is 0. The second-order valence-corrected chi connectivity index (χ2v) is 10.3. The Morgan fingerprint density at radius 1 is 1.13 bits per heavy atom. The molecule has 5 nitrogen and oxygen atoms in total. The quantitative estimate of drug-likeness (QED) is 0.738. The maximum Gasteiger partial charge on any atom is 0.410 e. The van der Waals surface area contributed by atoms with E-state index in [2.05, 4.69) is 43.3 Å². The van der Waals surface area contributed by atoms with Gasteiger partial charge in [0, 0.05) is 36.3 Å². The lowest BCUT2D eigenvalue weighted by Gasteiger charge is -2.57. The van der Waals surface area contributed by atoms with Crippen LogP contribution < -0.4 is 5.73 Å². The van der Waals surface area contributed by atoms with Gasteiger partial charge in [0.25, 0.3) is 0 Å². The minimum atomic E-state index is -0.456. The van der Waals surface area contributed by atoms with Crippen molar-refractivity contribution in [1.82, 2.24) is 9.88 Å². The molecule has 0 bridgehead atoms. The van der Waals surface area contributed by atoms with Crippen molar-refractivity contribution in [3.8, 4) is 0 Å². The van der Waals surface area contributed by atoms with Gasteiger partial charge in [-0.25, -0.2) is 4.79 Å². The van der Waals surface area contributed by atoms with E-state index in [1.165, 1.54) is 16.7 Å². The third kappa shape index (κ3) is 4.52. The van der Waals surface area contributed by atoms with Crippen molar-refractivity contribution < 1.29 is 9.53 Å². The number of amides is 1. The van der Waals surface area contributed by atoms with Crippen LogP contribution in [-0.2, 0) is 4.74 Å². The van der Waals surface area contributed by atoms with E-state index in [0.29, 0.717) is 0 Å². The zero-order valence-electron chi connectivity index (χ0n) is 19.2. The summed E-state index contributed by atoms with van der Waals surface area (Å²) in [6.07, 6.45) is 3.70. The van der Waals surface area contributed by atoms with Crippen molar-refractivity contribution in [2.24, 2.45) is 11.1 Å². The Hall–Kier alpha value is -2.66. The molecule has 2 aromatic rings. The molecule has 5 heteroatoms. The van der Waals surface area contributed by atoms with Crippen LogP contribution in [0.2, 0.25) is 0 Å². The highest BCUT2D eigenvalue weighted by atomic mass is 16.6. The molecule has 0 radical (unpaired) electrons. The number of aryl methyl sites for hydroxylation is 1. The number of carbonyl (C=O) groups is 1. The van der Waals surface area contributed by atoms with Gasteiger partial charge in [-0.05, 0) is 70.2 Å². The van der Waals surface area contributed by atoms with Gasteiger partial charge in [0.2, 0.25) is 0 Å². The first-order chi connectivity index (χ1) is 14.6. The summed E-state index contributed by atoms with van der Waals surface area (Å²) in [6, 6.07) is 12.8. The number of rotatable bonds is 3. The van der Waals surface area contributed by atoms with Crippen molar-refractivity contribution in [2.75, 3.05) is 13.1 Å². The molecule has 164 valence electrons. The highest BCUT2D eigenvalue weighted by Gasteiger charge is 2.53. The normalized spacial score (nSPS) is 18.3. The van der Waals surface area contributed by atoms with Gasteiger partial charge in [-0.3, -0.25) is 4.98 Å². The van der Waals surface area contributed by atoms with Crippen molar-refractivity contribution in [3.63, 3.8) is 0 Å². The molecule has 1 aliphatic carbocycles. The van der Waals surface area contributed by atoms with Crippen LogP contribution in [0.3, 0.4) is 0 Å². The Bertz CT molecular complexity index is 982. The second kappa shape index (κ2) is 7.79. The summed E-state index contributed by atoms with van der Waals surface area (Å²) in [6.45, 7) is 11.3. The number of nitrogens with zero attached hydrogens (tertiary/aromatic N) is 2. The summed E-state index contributed by atoms with van der Waals surface area (Å²) in [5.41, 5.74) is 12.9. The van der Waals surface area contributed by atoms with Crippen LogP contribution in [-0.4, -0.2) is 34.7 Å². The Balaban J connectivity index is 1.55. The van der Waals surface area contributed by atoms with E-state index in [9.17, 15) is 4.79 Å². The predicted molar refractivity (Wildman–Crippen MR) is 124 cm³/mol. The monoisotopic (exact) mass is 419 g/mol. The molecule has 2 N–H and O–H groups in total. The molecule has 4 rings (SSSR count). The fourth-order valence-electron chi connectivity index (χ4n) is 4.58. The van der Waals surface area contributed by atoms with Gasteiger partial charge in [-0.15, -0.1) is 0 Å². The van der Waals surface area contributed by atoms with Crippen LogP contribution in [0.25, 0.3) is 5.57 Å². The second-order valence-electron chi connectivity index (χ2n) is 10.3. The zero-order valence-corrected chi connectivity index (χ0v) is 19.2. The number of hydrogen-bond donors (Lipinski definition) is 1. The van der Waals surface area contributed by atoms with Crippen molar-refractivity contribution in [2.45, 2.75) is 59.1 Å². The van der Waals surface area contributed by atoms with E-state index >= 15 is 0 Å². The summed E-state index contributed by atoms with van der Waals surface area (Å²) in [4.78, 5) is 18.9. The Morgan fingerprint density at radius 2 is 1.77 bits per heavy atom. The Morgan fingerprint density at radius 3 is 2.29 bits per heavy atom. The molecule has 1 amide bonds. The molecular formula is C26H33N3O2. The fourth-order valence-corrected chi connectivity index (χ4v) is 4.58.